The molecule has 3 nitrogen and oxygen atoms in total. The van der Waals surface area contributed by atoms with Gasteiger partial charge in [0.05, 0.1) is 0 Å². The first kappa shape index (κ1) is 5.09. The van der Waals surface area contributed by atoms with Crippen molar-refractivity contribution in [1.29, 1.82) is 0 Å². The third kappa shape index (κ3) is 0.642. The first-order valence-corrected chi connectivity index (χ1v) is 2.30. The molecule has 0 bridgehead atoms. The fourth-order valence-electron chi connectivity index (χ4n) is 0.487. The van der Waals surface area contributed by atoms with E-state index in [1.54, 1.807) is 14.0 Å². The SMILES string of the molecule is Bc1n[nH]cc1C=O. The van der Waals surface area contributed by atoms with E-state index in [1.807, 2.05) is 0 Å². The van der Waals surface area contributed by atoms with Gasteiger partial charge in [0.15, 0.2) is 14.1 Å². The van der Waals surface area contributed by atoms with Crippen LogP contribution in [0.2, 0.25) is 0 Å². The van der Waals surface area contributed by atoms with Crippen LogP contribution in [0.3, 0.4) is 0 Å². The van der Waals surface area contributed by atoms with E-state index in [2.05, 4.69) is 10.2 Å². The summed E-state index contributed by atoms with van der Waals surface area (Å²) in [5.41, 5.74) is 1.38. The highest BCUT2D eigenvalue weighted by Crippen LogP contribution is 1.79. The lowest BCUT2D eigenvalue weighted by molar-refractivity contribution is 0.112. The summed E-state index contributed by atoms with van der Waals surface area (Å²) in [5, 5.41) is 6.30. The molecule has 0 radical (unpaired) electrons. The monoisotopic (exact) mass is 108 g/mol. The van der Waals surface area contributed by atoms with Crippen molar-refractivity contribution >= 4 is 19.7 Å². The van der Waals surface area contributed by atoms with Gasteiger partial charge in [-0.2, -0.15) is 5.10 Å². The first-order valence-electron chi connectivity index (χ1n) is 2.30. The van der Waals surface area contributed by atoms with Gasteiger partial charge in [0.25, 0.3) is 0 Å². The lowest BCUT2D eigenvalue weighted by Crippen LogP contribution is -2.07. The Hall–Kier alpha value is -1.06. The van der Waals surface area contributed by atoms with Crippen LogP contribution < -0.4 is 5.59 Å². The van der Waals surface area contributed by atoms with Gasteiger partial charge in [-0.1, -0.05) is 0 Å². The molecule has 0 aromatic carbocycles. The van der Waals surface area contributed by atoms with E-state index in [0.717, 1.165) is 11.9 Å². The summed E-state index contributed by atoms with van der Waals surface area (Å²) >= 11 is 0. The van der Waals surface area contributed by atoms with Crippen molar-refractivity contribution < 1.29 is 4.79 Å². The summed E-state index contributed by atoms with van der Waals surface area (Å²) in [4.78, 5) is 10.0. The van der Waals surface area contributed by atoms with Gasteiger partial charge < -0.3 is 0 Å². The van der Waals surface area contributed by atoms with Crippen molar-refractivity contribution in [2.24, 2.45) is 0 Å². The molecule has 1 aromatic heterocycles. The lowest BCUT2D eigenvalue weighted by atomic mass is 10.0. The van der Waals surface area contributed by atoms with E-state index < -0.39 is 0 Å². The molecule has 0 atom stereocenters. The molecule has 0 spiro atoms. The Labute approximate surface area is 47.5 Å². The molecule has 0 aliphatic heterocycles. The van der Waals surface area contributed by atoms with Crippen molar-refractivity contribution in [3.05, 3.63) is 11.8 Å². The average Bonchev–Trinajstić information content (AvgIpc) is 2.14. The number of nitrogens with zero attached hydrogens (tertiary/aromatic N) is 1. The fourth-order valence-corrected chi connectivity index (χ4v) is 0.487. The summed E-state index contributed by atoms with van der Waals surface area (Å²) in [6.45, 7) is 0. The maximum Gasteiger partial charge on any atom is 0.167 e. The topological polar surface area (TPSA) is 45.8 Å². The molecule has 0 saturated carbocycles. The van der Waals surface area contributed by atoms with E-state index in [0.29, 0.717) is 5.56 Å². The largest absolute Gasteiger partial charge is 0.298 e. The minimum atomic E-state index is 0.630. The number of H-pyrrole nitrogens is 1. The van der Waals surface area contributed by atoms with Gasteiger partial charge >= 0.3 is 0 Å². The molecule has 0 amide bonds. The van der Waals surface area contributed by atoms with Crippen LogP contribution in [-0.4, -0.2) is 24.3 Å². The summed E-state index contributed by atoms with van der Waals surface area (Å²) in [6.07, 6.45) is 2.35. The van der Waals surface area contributed by atoms with E-state index in [-0.39, 0.29) is 0 Å². The Morgan fingerprint density at radius 3 is 2.88 bits per heavy atom. The minimum absolute atomic E-state index is 0.630. The van der Waals surface area contributed by atoms with Gasteiger partial charge in [-0.25, -0.2) is 0 Å². The van der Waals surface area contributed by atoms with Crippen molar-refractivity contribution in [3.8, 4) is 0 Å². The molecule has 40 valence electrons. The van der Waals surface area contributed by atoms with Gasteiger partial charge in [0.1, 0.15) is 0 Å². The lowest BCUT2D eigenvalue weighted by Gasteiger charge is -1.76. The second kappa shape index (κ2) is 1.82. The van der Waals surface area contributed by atoms with E-state index in [1.165, 1.54) is 0 Å². The Morgan fingerprint density at radius 1 is 1.88 bits per heavy atom. The molecule has 4 heteroatoms. The normalized spacial score (nSPS) is 9.00. The maximum absolute atomic E-state index is 10.0. The van der Waals surface area contributed by atoms with Crippen molar-refractivity contribution in [1.82, 2.24) is 10.2 Å². The molecule has 0 unspecified atom stereocenters. The molecule has 0 fully saturated rings. The highest BCUT2D eigenvalue weighted by Gasteiger charge is 1.94. The number of rotatable bonds is 1. The van der Waals surface area contributed by atoms with Gasteiger partial charge in [-0.05, 0) is 0 Å². The van der Waals surface area contributed by atoms with Crippen LogP contribution in [0.4, 0.5) is 0 Å². The van der Waals surface area contributed by atoms with Crippen molar-refractivity contribution in [2.45, 2.75) is 0 Å². The summed E-state index contributed by atoms with van der Waals surface area (Å²) < 4.78 is 0. The first-order chi connectivity index (χ1) is 3.84. The number of hydrogen-bond donors (Lipinski definition) is 1. The third-order valence-electron chi connectivity index (χ3n) is 0.997. The smallest absolute Gasteiger partial charge is 0.167 e. The number of hydrogen-bond acceptors (Lipinski definition) is 2. The Bertz CT molecular complexity index is 196. The Kier molecular flexibility index (Phi) is 1.16. The quantitative estimate of drug-likeness (QED) is 0.350. The van der Waals surface area contributed by atoms with Crippen LogP contribution in [0.5, 0.6) is 0 Å². The number of carbonyl (C=O) groups excluding carboxylic acids is 1. The fraction of sp³-hybridized carbons (Fsp3) is 0. The van der Waals surface area contributed by atoms with Crippen LogP contribution in [0.15, 0.2) is 6.20 Å². The van der Waals surface area contributed by atoms with Crippen molar-refractivity contribution in [2.75, 3.05) is 0 Å². The molecular weight excluding hydrogens is 103 g/mol. The van der Waals surface area contributed by atoms with Crippen LogP contribution in [0.1, 0.15) is 10.4 Å². The molecule has 0 aliphatic carbocycles. The maximum atomic E-state index is 10.0. The van der Waals surface area contributed by atoms with Gasteiger partial charge in [-0.3, -0.25) is 9.89 Å². The molecule has 8 heavy (non-hydrogen) atoms. The second-order valence-corrected chi connectivity index (χ2v) is 1.54. The zero-order valence-corrected chi connectivity index (χ0v) is 4.51. The van der Waals surface area contributed by atoms with Crippen LogP contribution in [-0.2, 0) is 0 Å². The van der Waals surface area contributed by atoms with E-state index >= 15 is 0 Å². The van der Waals surface area contributed by atoms with Crippen LogP contribution in [0.25, 0.3) is 0 Å². The highest BCUT2D eigenvalue weighted by atomic mass is 16.1. The number of aromatic amines is 1. The van der Waals surface area contributed by atoms with E-state index in [9.17, 15) is 4.79 Å². The van der Waals surface area contributed by atoms with Gasteiger partial charge in [-0.15, -0.1) is 0 Å². The Balaban J connectivity index is 3.09. The van der Waals surface area contributed by atoms with Gasteiger partial charge in [0.2, 0.25) is 0 Å². The molecule has 1 rings (SSSR count). The second-order valence-electron chi connectivity index (χ2n) is 1.54. The Morgan fingerprint density at radius 2 is 2.62 bits per heavy atom. The van der Waals surface area contributed by atoms with E-state index in [4.69, 9.17) is 0 Å². The van der Waals surface area contributed by atoms with Crippen LogP contribution >= 0.6 is 0 Å². The predicted molar refractivity (Wildman–Crippen MR) is 32.2 cm³/mol. The molecule has 0 saturated heterocycles. The summed E-state index contributed by atoms with van der Waals surface area (Å²) in [7, 11) is 1.78. The van der Waals surface area contributed by atoms with Crippen molar-refractivity contribution in [3.63, 3.8) is 0 Å². The van der Waals surface area contributed by atoms with Gasteiger partial charge in [0, 0.05) is 17.4 Å². The number of nitrogens with one attached hydrogen (secondary N) is 1. The summed E-state index contributed by atoms with van der Waals surface area (Å²) in [6, 6.07) is 0. The number of carbonyl (C=O) groups is 1. The minimum Gasteiger partial charge on any atom is -0.298 e. The molecule has 1 heterocycles. The molecule has 1 N–H and O–H groups in total. The standard InChI is InChI=1S/C4H5BN2O/c5-4-3(2-8)1-6-7-4/h1-2H,5H2,(H,6,7). The molecule has 1 aromatic rings. The zero-order chi connectivity index (χ0) is 5.98. The predicted octanol–water partition coefficient (Wildman–Crippen LogP) is -1.52. The highest BCUT2D eigenvalue weighted by molar-refractivity contribution is 6.33. The third-order valence-corrected chi connectivity index (χ3v) is 0.997. The summed E-state index contributed by atoms with van der Waals surface area (Å²) in [5.74, 6) is 0. The average molecular weight is 108 g/mol. The van der Waals surface area contributed by atoms with Crippen LogP contribution in [0, 0.1) is 0 Å². The number of aromatic nitrogens is 2. The molecule has 0 aliphatic rings. The molecular formula is C4H5BN2O. The zero-order valence-electron chi connectivity index (χ0n) is 4.51. The number of aldehydes is 1.